The molecule has 0 N–H and O–H groups in total. The number of fused-ring (bicyclic) bond motifs is 1. The molecule has 0 atom stereocenters. The summed E-state index contributed by atoms with van der Waals surface area (Å²) in [5, 5.41) is 4.33. The maximum Gasteiger partial charge on any atom is 0.276 e. The summed E-state index contributed by atoms with van der Waals surface area (Å²) in [4.78, 5) is 18.3. The Balaban J connectivity index is 1.51. The van der Waals surface area contributed by atoms with Crippen LogP contribution in [0.3, 0.4) is 0 Å². The molecule has 0 spiro atoms. The Morgan fingerprint density at radius 1 is 1.16 bits per heavy atom. The monoisotopic (exact) mass is 338 g/mol. The fourth-order valence-electron chi connectivity index (χ4n) is 2.75. The highest BCUT2D eigenvalue weighted by molar-refractivity contribution is 6.05. The van der Waals surface area contributed by atoms with Crippen molar-refractivity contribution < 1.29 is 13.9 Å². The van der Waals surface area contributed by atoms with Gasteiger partial charge in [0.15, 0.2) is 0 Å². The first-order chi connectivity index (χ1) is 12.2. The normalized spacial score (nSPS) is 13.6. The molecule has 1 aliphatic heterocycles. The van der Waals surface area contributed by atoms with E-state index >= 15 is 0 Å². The van der Waals surface area contributed by atoms with Gasteiger partial charge in [-0.25, -0.2) is 4.39 Å². The number of amides is 1. The predicted octanol–water partition coefficient (Wildman–Crippen LogP) is 2.66. The zero-order chi connectivity index (χ0) is 17.2. The number of carbonyl (C=O) groups is 1. The lowest BCUT2D eigenvalue weighted by Gasteiger charge is -2.27. The summed E-state index contributed by atoms with van der Waals surface area (Å²) in [5.74, 6) is -0.112. The van der Waals surface area contributed by atoms with Crippen molar-refractivity contribution in [3.63, 3.8) is 0 Å². The smallest absolute Gasteiger partial charge is 0.276 e. The molecule has 4 rings (SSSR count). The van der Waals surface area contributed by atoms with E-state index in [0.29, 0.717) is 37.0 Å². The second-order valence-corrected chi connectivity index (χ2v) is 5.67. The average Bonchev–Trinajstić information content (AvgIpc) is 3.06. The lowest BCUT2D eigenvalue weighted by atomic mass is 10.2. The fourth-order valence-corrected chi connectivity index (χ4v) is 2.75. The van der Waals surface area contributed by atoms with Crippen molar-refractivity contribution in [1.82, 2.24) is 14.8 Å². The van der Waals surface area contributed by atoms with Crippen LogP contribution in [0.2, 0.25) is 0 Å². The van der Waals surface area contributed by atoms with Crippen LogP contribution in [0, 0.1) is 5.82 Å². The Kier molecular flexibility index (Phi) is 3.89. The van der Waals surface area contributed by atoms with Gasteiger partial charge in [-0.05, 0) is 30.3 Å². The molecule has 0 fully saturated rings. The Hall–Kier alpha value is -3.22. The highest BCUT2D eigenvalue weighted by Crippen LogP contribution is 2.24. The van der Waals surface area contributed by atoms with E-state index in [2.05, 4.69) is 10.1 Å². The molecule has 3 aromatic rings. The molecule has 2 aromatic heterocycles. The number of benzene rings is 1. The van der Waals surface area contributed by atoms with Crippen molar-refractivity contribution in [3.8, 4) is 5.88 Å². The molecule has 0 radical (unpaired) electrons. The highest BCUT2D eigenvalue weighted by atomic mass is 19.1. The number of pyridine rings is 1. The zero-order valence-electron chi connectivity index (χ0n) is 13.3. The summed E-state index contributed by atoms with van der Waals surface area (Å²) < 4.78 is 20.4. The molecule has 1 aliphatic rings. The third-order valence-electron chi connectivity index (χ3n) is 4.01. The molecule has 3 heterocycles. The minimum atomic E-state index is -0.329. The number of hydrogen-bond donors (Lipinski definition) is 0. The number of carbonyl (C=O) groups excluding carboxylic acids is 1. The Morgan fingerprint density at radius 2 is 2.00 bits per heavy atom. The van der Waals surface area contributed by atoms with E-state index in [9.17, 15) is 9.18 Å². The standard InChI is InChI=1S/C18H15FN4O2/c19-14-3-5-15(6-4-14)22-8-9-23-16(18(22)24)10-17(21-23)25-12-13-2-1-7-20-11-13/h1-7,10-11H,8-9,12H2. The van der Waals surface area contributed by atoms with Crippen LogP contribution >= 0.6 is 0 Å². The lowest BCUT2D eigenvalue weighted by Crippen LogP contribution is -2.40. The Labute approximate surface area is 143 Å². The first-order valence-corrected chi connectivity index (χ1v) is 7.88. The van der Waals surface area contributed by atoms with E-state index in [1.807, 2.05) is 12.1 Å². The van der Waals surface area contributed by atoms with Crippen molar-refractivity contribution in [1.29, 1.82) is 0 Å². The van der Waals surface area contributed by atoms with E-state index in [-0.39, 0.29) is 11.7 Å². The second-order valence-electron chi connectivity index (χ2n) is 5.67. The fraction of sp³-hybridized carbons (Fsp3) is 0.167. The van der Waals surface area contributed by atoms with E-state index in [1.165, 1.54) is 12.1 Å². The van der Waals surface area contributed by atoms with Crippen molar-refractivity contribution >= 4 is 11.6 Å². The van der Waals surface area contributed by atoms with Crippen LogP contribution in [-0.4, -0.2) is 27.2 Å². The molecule has 126 valence electrons. The van der Waals surface area contributed by atoms with E-state index in [0.717, 1.165) is 5.56 Å². The molecule has 6 nitrogen and oxygen atoms in total. The number of anilines is 1. The third kappa shape index (κ3) is 3.08. The Bertz CT molecular complexity index is 893. The minimum absolute atomic E-state index is 0.179. The van der Waals surface area contributed by atoms with Gasteiger partial charge in [-0.1, -0.05) is 6.07 Å². The first-order valence-electron chi connectivity index (χ1n) is 7.88. The Morgan fingerprint density at radius 3 is 2.76 bits per heavy atom. The minimum Gasteiger partial charge on any atom is -0.472 e. The molecule has 7 heteroatoms. The predicted molar refractivity (Wildman–Crippen MR) is 88.9 cm³/mol. The summed E-state index contributed by atoms with van der Waals surface area (Å²) >= 11 is 0. The number of halogens is 1. The molecular formula is C18H15FN4O2. The number of rotatable bonds is 4. The van der Waals surface area contributed by atoms with Gasteiger partial charge in [0.1, 0.15) is 18.1 Å². The van der Waals surface area contributed by atoms with E-state index in [1.54, 1.807) is 40.2 Å². The number of hydrogen-bond acceptors (Lipinski definition) is 4. The van der Waals surface area contributed by atoms with Gasteiger partial charge in [0.05, 0.1) is 6.54 Å². The van der Waals surface area contributed by atoms with Gasteiger partial charge >= 0.3 is 0 Å². The van der Waals surface area contributed by atoms with Crippen LogP contribution in [0.5, 0.6) is 5.88 Å². The van der Waals surface area contributed by atoms with Gasteiger partial charge < -0.3 is 9.64 Å². The van der Waals surface area contributed by atoms with Gasteiger partial charge in [0.25, 0.3) is 5.91 Å². The molecule has 0 unspecified atom stereocenters. The maximum atomic E-state index is 13.1. The van der Waals surface area contributed by atoms with Gasteiger partial charge in [-0.3, -0.25) is 14.5 Å². The summed E-state index contributed by atoms with van der Waals surface area (Å²) in [6, 6.07) is 11.3. The van der Waals surface area contributed by atoms with Crippen LogP contribution in [-0.2, 0) is 13.2 Å². The van der Waals surface area contributed by atoms with Crippen LogP contribution < -0.4 is 9.64 Å². The lowest BCUT2D eigenvalue weighted by molar-refractivity contribution is 0.0962. The van der Waals surface area contributed by atoms with Crippen molar-refractivity contribution in [2.45, 2.75) is 13.2 Å². The molecule has 1 aromatic carbocycles. The van der Waals surface area contributed by atoms with Crippen molar-refractivity contribution in [2.24, 2.45) is 0 Å². The molecule has 0 saturated heterocycles. The number of ether oxygens (including phenoxy) is 1. The van der Waals surface area contributed by atoms with Gasteiger partial charge in [0.2, 0.25) is 5.88 Å². The summed E-state index contributed by atoms with van der Waals surface area (Å²) in [7, 11) is 0. The van der Waals surface area contributed by atoms with Gasteiger partial charge in [0, 0.05) is 36.3 Å². The molecule has 0 saturated carbocycles. The van der Waals surface area contributed by atoms with E-state index in [4.69, 9.17) is 4.74 Å². The second kappa shape index (κ2) is 6.35. The van der Waals surface area contributed by atoms with Crippen LogP contribution in [0.15, 0.2) is 54.9 Å². The topological polar surface area (TPSA) is 60.2 Å². The van der Waals surface area contributed by atoms with Crippen molar-refractivity contribution in [3.05, 3.63) is 71.9 Å². The van der Waals surface area contributed by atoms with Gasteiger partial charge in [-0.15, -0.1) is 5.10 Å². The van der Waals surface area contributed by atoms with Gasteiger partial charge in [-0.2, -0.15) is 0 Å². The van der Waals surface area contributed by atoms with E-state index < -0.39 is 0 Å². The largest absolute Gasteiger partial charge is 0.472 e. The maximum absolute atomic E-state index is 13.1. The zero-order valence-corrected chi connectivity index (χ0v) is 13.3. The number of nitrogens with zero attached hydrogens (tertiary/aromatic N) is 4. The molecule has 0 aliphatic carbocycles. The average molecular weight is 338 g/mol. The summed E-state index contributed by atoms with van der Waals surface area (Å²) in [5.41, 5.74) is 2.04. The van der Waals surface area contributed by atoms with Crippen LogP contribution in [0.1, 0.15) is 16.1 Å². The molecule has 0 bridgehead atoms. The number of aromatic nitrogens is 3. The summed E-state index contributed by atoms with van der Waals surface area (Å²) in [6.07, 6.45) is 3.42. The molecule has 1 amide bonds. The molecular weight excluding hydrogens is 323 g/mol. The highest BCUT2D eigenvalue weighted by Gasteiger charge is 2.28. The quantitative estimate of drug-likeness (QED) is 0.734. The molecule has 25 heavy (non-hydrogen) atoms. The van der Waals surface area contributed by atoms with Crippen LogP contribution in [0.4, 0.5) is 10.1 Å². The third-order valence-corrected chi connectivity index (χ3v) is 4.01. The van der Waals surface area contributed by atoms with Crippen LogP contribution in [0.25, 0.3) is 0 Å². The van der Waals surface area contributed by atoms with Crippen molar-refractivity contribution in [2.75, 3.05) is 11.4 Å². The SMILES string of the molecule is O=C1c2cc(OCc3cccnc3)nn2CCN1c1ccc(F)cc1. The summed E-state index contributed by atoms with van der Waals surface area (Å²) in [6.45, 7) is 1.36. The first kappa shape index (κ1) is 15.3.